The van der Waals surface area contributed by atoms with Crippen molar-refractivity contribution in [3.05, 3.63) is 45.5 Å². The molecule has 0 unspecified atom stereocenters. The zero-order valence-corrected chi connectivity index (χ0v) is 14.2. The Bertz CT molecular complexity index is 681. The van der Waals surface area contributed by atoms with Crippen LogP contribution in [0.15, 0.2) is 18.2 Å². The van der Waals surface area contributed by atoms with Crippen molar-refractivity contribution in [3.8, 4) is 0 Å². The Morgan fingerprint density at radius 3 is 2.74 bits per heavy atom. The fourth-order valence-corrected chi connectivity index (χ4v) is 3.29. The van der Waals surface area contributed by atoms with Crippen molar-refractivity contribution in [2.75, 3.05) is 13.1 Å². The molecule has 2 aromatic rings. The predicted molar refractivity (Wildman–Crippen MR) is 89.8 cm³/mol. The summed E-state index contributed by atoms with van der Waals surface area (Å²) in [5.41, 5.74) is 0.848. The van der Waals surface area contributed by atoms with Crippen LogP contribution in [-0.4, -0.2) is 39.1 Å². The number of hydrogen-bond donors (Lipinski definition) is 1. The molecule has 0 atom stereocenters. The van der Waals surface area contributed by atoms with Crippen LogP contribution in [0.5, 0.6) is 0 Å². The fourth-order valence-electron chi connectivity index (χ4n) is 2.76. The normalized spacial score (nSPS) is 14.7. The molecule has 0 aliphatic carbocycles. The molecule has 122 valence electrons. The summed E-state index contributed by atoms with van der Waals surface area (Å²) in [6.07, 6.45) is 3.80. The monoisotopic (exact) mass is 352 g/mol. The van der Waals surface area contributed by atoms with Gasteiger partial charge >= 0.3 is 0 Å². The summed E-state index contributed by atoms with van der Waals surface area (Å²) in [5, 5.41) is 8.42. The number of H-pyrrole nitrogens is 1. The average molecular weight is 353 g/mol. The summed E-state index contributed by atoms with van der Waals surface area (Å²) >= 11 is 12.3. The van der Waals surface area contributed by atoms with E-state index in [2.05, 4.69) is 15.2 Å². The van der Waals surface area contributed by atoms with E-state index in [0.29, 0.717) is 22.9 Å². The second-order valence-electron chi connectivity index (χ2n) is 5.66. The number of likely N-dealkylation sites (tertiary alicyclic amines) is 1. The average Bonchev–Trinajstić information content (AvgIpc) is 3.13. The molecular formula is C16H18Cl2N4O. The molecule has 1 amide bonds. The van der Waals surface area contributed by atoms with E-state index >= 15 is 0 Å². The van der Waals surface area contributed by atoms with Gasteiger partial charge in [0.05, 0.1) is 0 Å². The number of nitrogens with one attached hydrogen (secondary N) is 1. The van der Waals surface area contributed by atoms with Gasteiger partial charge in [-0.3, -0.25) is 9.89 Å². The highest BCUT2D eigenvalue weighted by molar-refractivity contribution is 6.36. The summed E-state index contributed by atoms with van der Waals surface area (Å²) in [5.74, 6) is 1.76. The van der Waals surface area contributed by atoms with Crippen LogP contribution < -0.4 is 0 Å². The summed E-state index contributed by atoms with van der Waals surface area (Å²) in [6, 6.07) is 5.44. The maximum atomic E-state index is 11.6. The minimum Gasteiger partial charge on any atom is -0.343 e. The number of aryl methyl sites for hydroxylation is 1. The molecule has 0 bridgehead atoms. The first kappa shape index (κ1) is 16.3. The van der Waals surface area contributed by atoms with Crippen molar-refractivity contribution < 1.29 is 4.79 Å². The standard InChI is InChI=1S/C16H18Cl2N4O/c17-12-4-1-5-13(18)11(12)10-15-19-14(20-21-15)6-2-8-22-9-3-7-16(22)23/h1,4-5H,2-3,6-10H2,(H,19,20,21). The molecule has 1 saturated heterocycles. The highest BCUT2D eigenvalue weighted by atomic mass is 35.5. The van der Waals surface area contributed by atoms with Gasteiger partial charge in [-0.25, -0.2) is 4.98 Å². The van der Waals surface area contributed by atoms with Gasteiger partial charge in [-0.1, -0.05) is 29.3 Å². The van der Waals surface area contributed by atoms with Gasteiger partial charge in [0.2, 0.25) is 5.91 Å². The Labute approximate surface area is 145 Å². The number of aromatic nitrogens is 3. The molecule has 5 nitrogen and oxygen atoms in total. The Morgan fingerprint density at radius 2 is 2.04 bits per heavy atom. The van der Waals surface area contributed by atoms with Crippen molar-refractivity contribution in [1.29, 1.82) is 0 Å². The number of benzene rings is 1. The summed E-state index contributed by atoms with van der Waals surface area (Å²) < 4.78 is 0. The van der Waals surface area contributed by atoms with Gasteiger partial charge in [-0.05, 0) is 30.5 Å². The lowest BCUT2D eigenvalue weighted by Gasteiger charge is -2.14. The van der Waals surface area contributed by atoms with Crippen LogP contribution in [0.25, 0.3) is 0 Å². The van der Waals surface area contributed by atoms with Crippen molar-refractivity contribution in [2.45, 2.75) is 32.1 Å². The largest absolute Gasteiger partial charge is 0.343 e. The molecule has 1 fully saturated rings. The van der Waals surface area contributed by atoms with E-state index in [1.54, 1.807) is 0 Å². The SMILES string of the molecule is O=C1CCCN1CCCc1n[nH]c(Cc2c(Cl)cccc2Cl)n1. The fraction of sp³-hybridized carbons (Fsp3) is 0.438. The zero-order valence-electron chi connectivity index (χ0n) is 12.7. The lowest BCUT2D eigenvalue weighted by atomic mass is 10.1. The first-order valence-electron chi connectivity index (χ1n) is 7.74. The molecule has 1 N–H and O–H groups in total. The second kappa shape index (κ2) is 7.32. The van der Waals surface area contributed by atoms with E-state index in [9.17, 15) is 4.79 Å². The Kier molecular flexibility index (Phi) is 5.18. The molecule has 23 heavy (non-hydrogen) atoms. The van der Waals surface area contributed by atoms with E-state index in [4.69, 9.17) is 23.2 Å². The number of nitrogens with zero attached hydrogens (tertiary/aromatic N) is 3. The molecule has 3 rings (SSSR count). The van der Waals surface area contributed by atoms with Crippen LogP contribution in [0, 0.1) is 0 Å². The van der Waals surface area contributed by atoms with Gasteiger partial charge in [0.25, 0.3) is 0 Å². The van der Waals surface area contributed by atoms with Crippen molar-refractivity contribution >= 4 is 29.1 Å². The molecule has 0 saturated carbocycles. The highest BCUT2D eigenvalue weighted by Crippen LogP contribution is 2.25. The molecule has 7 heteroatoms. The Hall–Kier alpha value is -1.59. The first-order chi connectivity index (χ1) is 11.1. The lowest BCUT2D eigenvalue weighted by molar-refractivity contribution is -0.127. The number of amides is 1. The van der Waals surface area contributed by atoms with E-state index in [1.807, 2.05) is 23.1 Å². The van der Waals surface area contributed by atoms with Gasteiger partial charge in [0, 0.05) is 42.4 Å². The van der Waals surface area contributed by atoms with Gasteiger partial charge in [-0.2, -0.15) is 5.10 Å². The van der Waals surface area contributed by atoms with E-state index < -0.39 is 0 Å². The highest BCUT2D eigenvalue weighted by Gasteiger charge is 2.19. The second-order valence-corrected chi connectivity index (χ2v) is 6.48. The predicted octanol–water partition coefficient (Wildman–Crippen LogP) is 3.26. The third kappa shape index (κ3) is 4.03. The topological polar surface area (TPSA) is 61.9 Å². The lowest BCUT2D eigenvalue weighted by Crippen LogP contribution is -2.25. The number of carbonyl (C=O) groups is 1. The maximum absolute atomic E-state index is 11.6. The zero-order chi connectivity index (χ0) is 16.2. The smallest absolute Gasteiger partial charge is 0.222 e. The van der Waals surface area contributed by atoms with Crippen LogP contribution >= 0.6 is 23.2 Å². The number of aromatic amines is 1. The molecular weight excluding hydrogens is 335 g/mol. The van der Waals surface area contributed by atoms with E-state index in [1.165, 1.54) is 0 Å². The van der Waals surface area contributed by atoms with Gasteiger partial charge in [-0.15, -0.1) is 0 Å². The molecule has 0 radical (unpaired) electrons. The molecule has 1 aliphatic rings. The van der Waals surface area contributed by atoms with Crippen LogP contribution in [0.1, 0.15) is 36.5 Å². The van der Waals surface area contributed by atoms with Gasteiger partial charge < -0.3 is 4.90 Å². The third-order valence-corrected chi connectivity index (χ3v) is 4.69. The first-order valence-corrected chi connectivity index (χ1v) is 8.50. The van der Waals surface area contributed by atoms with E-state index in [0.717, 1.165) is 49.6 Å². The number of halogens is 2. The molecule has 1 aliphatic heterocycles. The minimum atomic E-state index is 0.258. The van der Waals surface area contributed by atoms with Gasteiger partial charge in [0.1, 0.15) is 5.82 Å². The van der Waals surface area contributed by atoms with Gasteiger partial charge in [0.15, 0.2) is 5.82 Å². The number of hydrogen-bond acceptors (Lipinski definition) is 3. The van der Waals surface area contributed by atoms with Crippen LogP contribution in [0.4, 0.5) is 0 Å². The number of carbonyl (C=O) groups excluding carboxylic acids is 1. The quantitative estimate of drug-likeness (QED) is 0.867. The number of rotatable bonds is 6. The van der Waals surface area contributed by atoms with Crippen LogP contribution in [0.2, 0.25) is 10.0 Å². The Morgan fingerprint density at radius 1 is 1.26 bits per heavy atom. The third-order valence-electron chi connectivity index (χ3n) is 3.98. The van der Waals surface area contributed by atoms with Crippen LogP contribution in [0.3, 0.4) is 0 Å². The minimum absolute atomic E-state index is 0.258. The molecule has 2 heterocycles. The molecule has 1 aromatic carbocycles. The summed E-state index contributed by atoms with van der Waals surface area (Å²) in [4.78, 5) is 17.9. The Balaban J connectivity index is 1.55. The molecule has 1 aromatic heterocycles. The maximum Gasteiger partial charge on any atom is 0.222 e. The summed E-state index contributed by atoms with van der Waals surface area (Å²) in [7, 11) is 0. The van der Waals surface area contributed by atoms with E-state index in [-0.39, 0.29) is 5.91 Å². The van der Waals surface area contributed by atoms with Crippen molar-refractivity contribution in [3.63, 3.8) is 0 Å². The molecule has 0 spiro atoms. The van der Waals surface area contributed by atoms with Crippen molar-refractivity contribution in [1.82, 2.24) is 20.1 Å². The van der Waals surface area contributed by atoms with Crippen molar-refractivity contribution in [2.24, 2.45) is 0 Å². The van der Waals surface area contributed by atoms with Crippen LogP contribution in [-0.2, 0) is 17.6 Å². The summed E-state index contributed by atoms with van der Waals surface area (Å²) in [6.45, 7) is 1.65.